The van der Waals surface area contributed by atoms with Gasteiger partial charge in [-0.05, 0) is 55.3 Å². The Bertz CT molecular complexity index is 1320. The van der Waals surface area contributed by atoms with E-state index in [-0.39, 0.29) is 23.5 Å². The van der Waals surface area contributed by atoms with E-state index in [9.17, 15) is 13.2 Å². The molecule has 0 bridgehead atoms. The van der Waals surface area contributed by atoms with Crippen molar-refractivity contribution >= 4 is 15.9 Å². The second-order valence-corrected chi connectivity index (χ2v) is 10.6. The molecule has 3 heterocycles. The molecule has 5 rings (SSSR count). The van der Waals surface area contributed by atoms with E-state index in [2.05, 4.69) is 10.2 Å². The molecule has 0 N–H and O–H groups in total. The van der Waals surface area contributed by atoms with E-state index < -0.39 is 10.0 Å². The molecule has 2 aliphatic rings. The second kappa shape index (κ2) is 8.73. The van der Waals surface area contributed by atoms with E-state index in [1.165, 1.54) is 26.2 Å². The summed E-state index contributed by atoms with van der Waals surface area (Å²) in [6, 6.07) is 11.5. The number of hydrogen-bond donors (Lipinski definition) is 0. The molecule has 3 aromatic rings. The largest absolute Gasteiger partial charge is 0.454 e. The van der Waals surface area contributed by atoms with Crippen LogP contribution in [0.3, 0.4) is 0 Å². The number of rotatable bonds is 5. The first-order valence-corrected chi connectivity index (χ1v) is 12.3. The highest BCUT2D eigenvalue weighted by molar-refractivity contribution is 7.89. The highest BCUT2D eigenvalue weighted by atomic mass is 32.2. The molecule has 0 spiro atoms. The minimum absolute atomic E-state index is 0.0821. The molecule has 0 radical (unpaired) electrons. The minimum Gasteiger partial charge on any atom is -0.454 e. The van der Waals surface area contributed by atoms with Gasteiger partial charge < -0.3 is 18.8 Å². The number of piperidine rings is 1. The Morgan fingerprint density at radius 2 is 1.82 bits per heavy atom. The van der Waals surface area contributed by atoms with E-state index in [0.717, 1.165) is 22.7 Å². The molecule has 1 aromatic heterocycles. The summed E-state index contributed by atoms with van der Waals surface area (Å²) >= 11 is 0. The Morgan fingerprint density at radius 1 is 1.06 bits per heavy atom. The lowest BCUT2D eigenvalue weighted by Crippen LogP contribution is -2.39. The maximum absolute atomic E-state index is 13.1. The van der Waals surface area contributed by atoms with E-state index in [1.54, 1.807) is 29.2 Å². The summed E-state index contributed by atoms with van der Waals surface area (Å²) in [4.78, 5) is 15.0. The van der Waals surface area contributed by atoms with Crippen LogP contribution in [0.5, 0.6) is 11.5 Å². The Labute approximate surface area is 197 Å². The summed E-state index contributed by atoms with van der Waals surface area (Å²) in [7, 11) is -0.607. The van der Waals surface area contributed by atoms with Crippen LogP contribution < -0.4 is 9.47 Å². The third kappa shape index (κ3) is 4.12. The highest BCUT2D eigenvalue weighted by Crippen LogP contribution is 2.36. The van der Waals surface area contributed by atoms with Gasteiger partial charge in [0.05, 0.1) is 10.8 Å². The first-order chi connectivity index (χ1) is 16.3. The van der Waals surface area contributed by atoms with Gasteiger partial charge in [-0.1, -0.05) is 0 Å². The number of ether oxygens (including phenoxy) is 2. The van der Waals surface area contributed by atoms with Gasteiger partial charge in [0.1, 0.15) is 0 Å². The maximum Gasteiger partial charge on any atom is 0.253 e. The smallest absolute Gasteiger partial charge is 0.253 e. The maximum atomic E-state index is 13.1. The molecule has 1 fully saturated rings. The molecule has 0 unspecified atom stereocenters. The third-order valence-corrected chi connectivity index (χ3v) is 7.83. The van der Waals surface area contributed by atoms with Crippen molar-refractivity contribution in [2.45, 2.75) is 23.7 Å². The van der Waals surface area contributed by atoms with Crippen LogP contribution in [0.1, 0.15) is 35.0 Å². The van der Waals surface area contributed by atoms with Crippen LogP contribution in [-0.4, -0.2) is 67.7 Å². The lowest BCUT2D eigenvalue weighted by molar-refractivity contribution is 0.0698. The van der Waals surface area contributed by atoms with Crippen LogP contribution in [0.15, 0.2) is 51.8 Å². The van der Waals surface area contributed by atoms with Crippen molar-refractivity contribution in [2.24, 2.45) is 0 Å². The molecule has 11 heteroatoms. The fraction of sp³-hybridized carbons (Fsp3) is 0.348. The molecule has 0 saturated carbocycles. The number of likely N-dealkylation sites (tertiary alicyclic amines) is 1. The number of hydrogen-bond acceptors (Lipinski definition) is 8. The highest BCUT2D eigenvalue weighted by Gasteiger charge is 2.29. The average molecular weight is 485 g/mol. The van der Waals surface area contributed by atoms with Crippen molar-refractivity contribution < 1.29 is 27.1 Å². The Hall–Kier alpha value is -3.44. The molecule has 10 nitrogen and oxygen atoms in total. The Balaban J connectivity index is 1.29. The van der Waals surface area contributed by atoms with E-state index in [4.69, 9.17) is 13.9 Å². The zero-order chi connectivity index (χ0) is 23.9. The summed E-state index contributed by atoms with van der Waals surface area (Å²) in [5, 5.41) is 8.42. The lowest BCUT2D eigenvalue weighted by atomic mass is 9.97. The summed E-state index contributed by atoms with van der Waals surface area (Å²) in [6.07, 6.45) is 1.62. The number of amides is 1. The zero-order valence-corrected chi connectivity index (χ0v) is 19.6. The van der Waals surface area contributed by atoms with E-state index in [0.29, 0.717) is 41.9 Å². The van der Waals surface area contributed by atoms with Gasteiger partial charge in [-0.2, -0.15) is 0 Å². The summed E-state index contributed by atoms with van der Waals surface area (Å²) < 4.78 is 42.4. The number of fused-ring (bicyclic) bond motifs is 1. The number of carbonyl (C=O) groups excluding carboxylic acids is 1. The number of aromatic nitrogens is 2. The quantitative estimate of drug-likeness (QED) is 0.543. The summed E-state index contributed by atoms with van der Waals surface area (Å²) in [6.45, 7) is 1.24. The molecular weight excluding hydrogens is 460 g/mol. The molecule has 178 valence electrons. The molecule has 1 saturated heterocycles. The molecule has 2 aliphatic heterocycles. The standard InChI is InChI=1S/C23H24N4O6S/c1-26(2)34(29,30)18-8-5-15(6-9-18)23(28)27-11-3-4-17(13-27)22-25-24-21(33-22)16-7-10-19-20(12-16)32-14-31-19/h5-10,12,17H,3-4,11,13-14H2,1-2H3/t17-/m1/s1. The van der Waals surface area contributed by atoms with Gasteiger partial charge in [0, 0.05) is 38.3 Å². The summed E-state index contributed by atoms with van der Waals surface area (Å²) in [5.41, 5.74) is 1.17. The topological polar surface area (TPSA) is 115 Å². The third-order valence-electron chi connectivity index (χ3n) is 6.00. The fourth-order valence-electron chi connectivity index (χ4n) is 4.07. The number of nitrogens with zero attached hydrogens (tertiary/aromatic N) is 4. The number of sulfonamides is 1. The second-order valence-electron chi connectivity index (χ2n) is 8.42. The average Bonchev–Trinajstić information content (AvgIpc) is 3.53. The van der Waals surface area contributed by atoms with Crippen molar-refractivity contribution in [3.8, 4) is 23.0 Å². The van der Waals surface area contributed by atoms with Crippen LogP contribution in [-0.2, 0) is 10.0 Å². The normalized spacial score (nSPS) is 17.9. The predicted octanol–water partition coefficient (Wildman–Crippen LogP) is 2.74. The van der Waals surface area contributed by atoms with Crippen LogP contribution in [0.2, 0.25) is 0 Å². The molecule has 1 atom stereocenters. The van der Waals surface area contributed by atoms with Crippen LogP contribution in [0, 0.1) is 0 Å². The fourth-order valence-corrected chi connectivity index (χ4v) is 4.97. The van der Waals surface area contributed by atoms with Gasteiger partial charge in [-0.25, -0.2) is 12.7 Å². The SMILES string of the molecule is CN(C)S(=O)(=O)c1ccc(C(=O)N2CCC[C@@H](c3nnc(-c4ccc5c(c4)OCO5)o3)C2)cc1. The molecule has 0 aliphatic carbocycles. The van der Waals surface area contributed by atoms with Gasteiger partial charge in [0.25, 0.3) is 5.91 Å². The lowest BCUT2D eigenvalue weighted by Gasteiger charge is -2.31. The van der Waals surface area contributed by atoms with Crippen LogP contribution in [0.25, 0.3) is 11.5 Å². The molecular formula is C23H24N4O6S. The van der Waals surface area contributed by atoms with E-state index >= 15 is 0 Å². The van der Waals surface area contributed by atoms with Gasteiger partial charge in [0.2, 0.25) is 28.6 Å². The van der Waals surface area contributed by atoms with Gasteiger partial charge in [0.15, 0.2) is 11.5 Å². The first kappa shape index (κ1) is 22.4. The molecule has 1 amide bonds. The van der Waals surface area contributed by atoms with Crippen LogP contribution in [0.4, 0.5) is 0 Å². The zero-order valence-electron chi connectivity index (χ0n) is 18.8. The monoisotopic (exact) mass is 484 g/mol. The summed E-state index contributed by atoms with van der Waals surface area (Å²) in [5.74, 6) is 1.94. The van der Waals surface area contributed by atoms with Crippen LogP contribution >= 0.6 is 0 Å². The van der Waals surface area contributed by atoms with Gasteiger partial charge >= 0.3 is 0 Å². The van der Waals surface area contributed by atoms with Crippen molar-refractivity contribution in [1.29, 1.82) is 0 Å². The number of carbonyl (C=O) groups is 1. The van der Waals surface area contributed by atoms with Gasteiger partial charge in [-0.3, -0.25) is 4.79 Å². The van der Waals surface area contributed by atoms with Crippen molar-refractivity contribution in [1.82, 2.24) is 19.4 Å². The van der Waals surface area contributed by atoms with Gasteiger partial charge in [-0.15, -0.1) is 10.2 Å². The molecule has 2 aromatic carbocycles. The Morgan fingerprint density at radius 3 is 2.59 bits per heavy atom. The van der Waals surface area contributed by atoms with Crippen molar-refractivity contribution in [3.05, 3.63) is 53.9 Å². The first-order valence-electron chi connectivity index (χ1n) is 10.9. The minimum atomic E-state index is -3.55. The molecule has 34 heavy (non-hydrogen) atoms. The number of benzene rings is 2. The van der Waals surface area contributed by atoms with E-state index in [1.807, 2.05) is 6.07 Å². The van der Waals surface area contributed by atoms with Crippen molar-refractivity contribution in [2.75, 3.05) is 34.0 Å². The predicted molar refractivity (Wildman–Crippen MR) is 121 cm³/mol. The van der Waals surface area contributed by atoms with Crippen molar-refractivity contribution in [3.63, 3.8) is 0 Å². The Kier molecular flexibility index (Phi) is 5.74.